The van der Waals surface area contributed by atoms with E-state index in [2.05, 4.69) is 20.5 Å². The van der Waals surface area contributed by atoms with E-state index in [9.17, 15) is 9.59 Å². The molecule has 1 aliphatic heterocycles. The van der Waals surface area contributed by atoms with Crippen LogP contribution in [0.25, 0.3) is 0 Å². The Morgan fingerprint density at radius 2 is 1.85 bits per heavy atom. The summed E-state index contributed by atoms with van der Waals surface area (Å²) in [5.41, 5.74) is 0. The van der Waals surface area contributed by atoms with Gasteiger partial charge in [0.25, 0.3) is 0 Å². The van der Waals surface area contributed by atoms with E-state index in [0.717, 1.165) is 51.2 Å². The fourth-order valence-corrected chi connectivity index (χ4v) is 3.34. The van der Waals surface area contributed by atoms with E-state index in [-0.39, 0.29) is 47.7 Å². The predicted molar refractivity (Wildman–Crippen MR) is 117 cm³/mol. The molecule has 27 heavy (non-hydrogen) atoms. The van der Waals surface area contributed by atoms with Crippen LogP contribution in [0, 0.1) is 11.8 Å². The van der Waals surface area contributed by atoms with Gasteiger partial charge in [0.15, 0.2) is 5.96 Å². The lowest BCUT2D eigenvalue weighted by atomic mass is 9.85. The summed E-state index contributed by atoms with van der Waals surface area (Å²) in [6, 6.07) is 0. The molecule has 0 aromatic rings. The van der Waals surface area contributed by atoms with Crippen LogP contribution in [0.3, 0.4) is 0 Å². The largest absolute Gasteiger partial charge is 0.466 e. The molecule has 2 N–H and O–H groups in total. The Kier molecular flexibility index (Phi) is 11.7. The molecule has 1 aliphatic carbocycles. The Bertz CT molecular complexity index is 497. The number of nitrogens with one attached hydrogen (secondary N) is 2. The number of piperidine rings is 1. The maximum atomic E-state index is 12.0. The van der Waals surface area contributed by atoms with E-state index in [4.69, 9.17) is 4.74 Å². The van der Waals surface area contributed by atoms with Gasteiger partial charge in [0.05, 0.1) is 12.5 Å². The summed E-state index contributed by atoms with van der Waals surface area (Å²) in [6.07, 6.45) is 5.91. The van der Waals surface area contributed by atoms with Crippen molar-refractivity contribution in [3.8, 4) is 0 Å². The molecular weight excluding hydrogens is 459 g/mol. The molecule has 0 unspecified atom stereocenters. The molecule has 7 nitrogen and oxygen atoms in total. The average Bonchev–Trinajstić information content (AvgIpc) is 2.59. The second-order valence-corrected chi connectivity index (χ2v) is 7.05. The van der Waals surface area contributed by atoms with Gasteiger partial charge in [-0.15, -0.1) is 24.0 Å². The van der Waals surface area contributed by atoms with Gasteiger partial charge in [-0.3, -0.25) is 14.6 Å². The number of guanidine groups is 1. The molecule has 2 fully saturated rings. The summed E-state index contributed by atoms with van der Waals surface area (Å²) in [7, 11) is 0. The van der Waals surface area contributed by atoms with Gasteiger partial charge in [-0.25, -0.2) is 0 Å². The molecule has 1 amide bonds. The first kappa shape index (κ1) is 24.0. The third-order valence-electron chi connectivity index (χ3n) is 5.05. The van der Waals surface area contributed by atoms with E-state index >= 15 is 0 Å². The lowest BCUT2D eigenvalue weighted by molar-refractivity contribution is -0.149. The Morgan fingerprint density at radius 1 is 1.11 bits per heavy atom. The number of rotatable bonds is 8. The standard InChI is InChI=1S/C19H34N4O3.HI/c1-3-20-19(22-12-7-11-21-17(24)15-8-5-9-15)23-13-6-10-16(14-23)18(25)26-4-2;/h15-16H,3-14H2,1-2H3,(H,20,22)(H,21,24);1H/t16-;/m0./s1. The van der Waals surface area contributed by atoms with Crippen molar-refractivity contribution in [2.75, 3.05) is 39.3 Å². The predicted octanol–water partition coefficient (Wildman–Crippen LogP) is 2.15. The molecule has 0 bridgehead atoms. The zero-order chi connectivity index (χ0) is 18.8. The average molecular weight is 494 g/mol. The summed E-state index contributed by atoms with van der Waals surface area (Å²) < 4.78 is 5.17. The van der Waals surface area contributed by atoms with Gasteiger partial charge in [-0.05, 0) is 46.0 Å². The fourth-order valence-electron chi connectivity index (χ4n) is 3.34. The fraction of sp³-hybridized carbons (Fsp3) is 0.842. The molecule has 1 atom stereocenters. The van der Waals surface area contributed by atoms with Crippen molar-refractivity contribution in [3.63, 3.8) is 0 Å². The highest BCUT2D eigenvalue weighted by molar-refractivity contribution is 14.0. The van der Waals surface area contributed by atoms with E-state index in [1.165, 1.54) is 6.42 Å². The van der Waals surface area contributed by atoms with Crippen LogP contribution in [0.5, 0.6) is 0 Å². The molecule has 1 heterocycles. The molecule has 0 aromatic heterocycles. The Labute approximate surface area is 180 Å². The minimum atomic E-state index is -0.105. The van der Waals surface area contributed by atoms with Crippen molar-refractivity contribution in [2.45, 2.75) is 52.4 Å². The quantitative estimate of drug-likeness (QED) is 0.178. The van der Waals surface area contributed by atoms with Crippen molar-refractivity contribution >= 4 is 41.8 Å². The van der Waals surface area contributed by atoms with E-state index < -0.39 is 0 Å². The lowest BCUT2D eigenvalue weighted by Crippen LogP contribution is -2.48. The van der Waals surface area contributed by atoms with Crippen LogP contribution < -0.4 is 10.6 Å². The Balaban J connectivity index is 0.00000364. The number of amides is 1. The smallest absolute Gasteiger partial charge is 0.310 e. The molecule has 2 rings (SSSR count). The number of carbonyl (C=O) groups is 2. The van der Waals surface area contributed by atoms with Gasteiger partial charge >= 0.3 is 5.97 Å². The summed E-state index contributed by atoms with van der Waals surface area (Å²) >= 11 is 0. The minimum Gasteiger partial charge on any atom is -0.466 e. The van der Waals surface area contributed by atoms with Crippen molar-refractivity contribution in [1.82, 2.24) is 15.5 Å². The minimum absolute atomic E-state index is 0. The van der Waals surface area contributed by atoms with Crippen molar-refractivity contribution in [2.24, 2.45) is 16.8 Å². The molecule has 0 radical (unpaired) electrons. The normalized spacial score (nSPS) is 20.3. The molecule has 0 aromatic carbocycles. The van der Waals surface area contributed by atoms with Crippen LogP contribution in [-0.2, 0) is 14.3 Å². The highest BCUT2D eigenvalue weighted by Gasteiger charge is 2.28. The Morgan fingerprint density at radius 3 is 2.48 bits per heavy atom. The molecule has 8 heteroatoms. The van der Waals surface area contributed by atoms with Gasteiger partial charge in [-0.1, -0.05) is 6.42 Å². The topological polar surface area (TPSA) is 83.0 Å². The molecular formula is C19H35IN4O3. The molecule has 0 spiro atoms. The van der Waals surface area contributed by atoms with Gasteiger partial charge in [0, 0.05) is 38.6 Å². The number of ether oxygens (including phenoxy) is 1. The number of hydrogen-bond donors (Lipinski definition) is 2. The van der Waals surface area contributed by atoms with Crippen LogP contribution >= 0.6 is 24.0 Å². The highest BCUT2D eigenvalue weighted by Crippen LogP contribution is 2.26. The van der Waals surface area contributed by atoms with Crippen molar-refractivity contribution < 1.29 is 14.3 Å². The van der Waals surface area contributed by atoms with Crippen molar-refractivity contribution in [1.29, 1.82) is 0 Å². The number of hydrogen-bond acceptors (Lipinski definition) is 4. The second-order valence-electron chi connectivity index (χ2n) is 7.05. The van der Waals surface area contributed by atoms with E-state index in [1.807, 2.05) is 13.8 Å². The van der Waals surface area contributed by atoms with Gasteiger partial charge < -0.3 is 20.3 Å². The molecule has 156 valence electrons. The lowest BCUT2D eigenvalue weighted by Gasteiger charge is -2.34. The van der Waals surface area contributed by atoms with Gasteiger partial charge in [0.1, 0.15) is 0 Å². The zero-order valence-corrected chi connectivity index (χ0v) is 19.0. The van der Waals surface area contributed by atoms with Crippen LogP contribution in [-0.4, -0.2) is 62.1 Å². The third kappa shape index (κ3) is 7.83. The number of carbonyl (C=O) groups excluding carboxylic acids is 2. The second kappa shape index (κ2) is 13.2. The van der Waals surface area contributed by atoms with Crippen LogP contribution in [0.2, 0.25) is 0 Å². The van der Waals surface area contributed by atoms with Gasteiger partial charge in [0.2, 0.25) is 5.91 Å². The monoisotopic (exact) mass is 494 g/mol. The first-order valence-corrected chi connectivity index (χ1v) is 10.1. The third-order valence-corrected chi connectivity index (χ3v) is 5.05. The summed E-state index contributed by atoms with van der Waals surface area (Å²) in [4.78, 5) is 30.7. The number of halogens is 1. The molecule has 2 aliphatic rings. The number of likely N-dealkylation sites (tertiary alicyclic amines) is 1. The maximum Gasteiger partial charge on any atom is 0.310 e. The summed E-state index contributed by atoms with van der Waals surface area (Å²) in [6.45, 7) is 7.99. The SMILES string of the molecule is CCNC(=NCCCNC(=O)C1CCC1)N1CCC[C@H](C(=O)OCC)C1.I. The van der Waals surface area contributed by atoms with Gasteiger partial charge in [-0.2, -0.15) is 0 Å². The van der Waals surface area contributed by atoms with Crippen LogP contribution in [0.4, 0.5) is 0 Å². The first-order valence-electron chi connectivity index (χ1n) is 10.1. The van der Waals surface area contributed by atoms with Crippen LogP contribution in [0.1, 0.15) is 52.4 Å². The maximum absolute atomic E-state index is 12.0. The molecule has 1 saturated carbocycles. The first-order chi connectivity index (χ1) is 12.7. The molecule has 1 saturated heterocycles. The Hall–Kier alpha value is -1.06. The summed E-state index contributed by atoms with van der Waals surface area (Å²) in [5, 5.41) is 6.32. The van der Waals surface area contributed by atoms with Crippen molar-refractivity contribution in [3.05, 3.63) is 0 Å². The van der Waals surface area contributed by atoms with E-state index in [1.54, 1.807) is 0 Å². The highest BCUT2D eigenvalue weighted by atomic mass is 127. The number of aliphatic imine (C=N–C) groups is 1. The van der Waals surface area contributed by atoms with Crippen LogP contribution in [0.15, 0.2) is 4.99 Å². The number of nitrogens with zero attached hydrogens (tertiary/aromatic N) is 2. The van der Waals surface area contributed by atoms with E-state index in [0.29, 0.717) is 26.2 Å². The zero-order valence-electron chi connectivity index (χ0n) is 16.7. The number of esters is 1. The summed E-state index contributed by atoms with van der Waals surface area (Å²) in [5.74, 6) is 1.11.